The molecule has 1 saturated heterocycles. The lowest BCUT2D eigenvalue weighted by Crippen LogP contribution is -2.44. The molecule has 0 spiro atoms. The fourth-order valence-electron chi connectivity index (χ4n) is 3.29. The van der Waals surface area contributed by atoms with Crippen LogP contribution in [0.5, 0.6) is 0 Å². The molecule has 2 heterocycles. The van der Waals surface area contributed by atoms with Gasteiger partial charge in [0.15, 0.2) is 0 Å². The van der Waals surface area contributed by atoms with Crippen molar-refractivity contribution in [2.24, 2.45) is 0 Å². The predicted molar refractivity (Wildman–Crippen MR) is 126 cm³/mol. The summed E-state index contributed by atoms with van der Waals surface area (Å²) in [6.07, 6.45) is 1.39. The van der Waals surface area contributed by atoms with Gasteiger partial charge in [-0.3, -0.25) is 5.32 Å². The highest BCUT2D eigenvalue weighted by molar-refractivity contribution is 6.33. The molecule has 160 valence electrons. The maximum atomic E-state index is 12.2. The zero-order valence-electron chi connectivity index (χ0n) is 17.2. The molecule has 0 aliphatic carbocycles. The predicted octanol–water partition coefficient (Wildman–Crippen LogP) is 4.27. The number of rotatable bonds is 5. The Morgan fingerprint density at radius 3 is 2.39 bits per heavy atom. The molecule has 3 aromatic rings. The number of hydrogen-bond acceptors (Lipinski definition) is 6. The quantitative estimate of drug-likeness (QED) is 0.552. The number of likely N-dealkylation sites (N-methyl/N-ethyl adjacent to an activating group) is 1. The summed E-state index contributed by atoms with van der Waals surface area (Å²) < 4.78 is 0. The number of carbonyl (C=O) groups excluding carboxylic acids is 1. The number of anilines is 5. The van der Waals surface area contributed by atoms with Crippen molar-refractivity contribution in [3.8, 4) is 0 Å². The number of piperazine rings is 1. The Morgan fingerprint density at radius 2 is 1.65 bits per heavy atom. The zero-order valence-corrected chi connectivity index (χ0v) is 17.9. The van der Waals surface area contributed by atoms with Gasteiger partial charge in [0, 0.05) is 43.6 Å². The van der Waals surface area contributed by atoms with E-state index in [9.17, 15) is 4.79 Å². The van der Waals surface area contributed by atoms with Gasteiger partial charge < -0.3 is 20.4 Å². The van der Waals surface area contributed by atoms with Crippen LogP contribution in [-0.2, 0) is 0 Å². The summed E-state index contributed by atoms with van der Waals surface area (Å²) in [6, 6.07) is 16.5. The average Bonchev–Trinajstić information content (AvgIpc) is 2.77. The highest BCUT2D eigenvalue weighted by Gasteiger charge is 2.14. The Hall–Kier alpha value is -3.36. The van der Waals surface area contributed by atoms with Crippen molar-refractivity contribution in [3.05, 3.63) is 65.9 Å². The fourth-order valence-corrected chi connectivity index (χ4v) is 3.48. The van der Waals surface area contributed by atoms with Gasteiger partial charge in [-0.1, -0.05) is 23.7 Å². The first kappa shape index (κ1) is 20.9. The molecule has 4 rings (SSSR count). The lowest BCUT2D eigenvalue weighted by Gasteiger charge is -2.34. The summed E-state index contributed by atoms with van der Waals surface area (Å²) in [5, 5.41) is 9.09. The van der Waals surface area contributed by atoms with Crippen LogP contribution in [0.25, 0.3) is 0 Å². The summed E-state index contributed by atoms with van der Waals surface area (Å²) in [5.41, 5.74) is 2.64. The van der Waals surface area contributed by atoms with Gasteiger partial charge in [0.2, 0.25) is 0 Å². The first-order chi connectivity index (χ1) is 15.1. The molecule has 31 heavy (non-hydrogen) atoms. The van der Waals surface area contributed by atoms with Crippen LogP contribution in [0, 0.1) is 0 Å². The zero-order chi connectivity index (χ0) is 21.6. The van der Waals surface area contributed by atoms with Crippen molar-refractivity contribution in [3.63, 3.8) is 0 Å². The Morgan fingerprint density at radius 1 is 0.935 bits per heavy atom. The second kappa shape index (κ2) is 9.63. The van der Waals surface area contributed by atoms with Crippen LogP contribution in [0.3, 0.4) is 0 Å². The first-order valence-electron chi connectivity index (χ1n) is 10.0. The number of nitrogens with zero attached hydrogens (tertiary/aromatic N) is 4. The van der Waals surface area contributed by atoms with E-state index < -0.39 is 6.03 Å². The lowest BCUT2D eigenvalue weighted by atomic mass is 10.2. The van der Waals surface area contributed by atoms with E-state index >= 15 is 0 Å². The molecule has 1 fully saturated rings. The van der Waals surface area contributed by atoms with Crippen molar-refractivity contribution in [2.45, 2.75) is 0 Å². The van der Waals surface area contributed by atoms with E-state index in [1.54, 1.807) is 30.3 Å². The molecule has 3 N–H and O–H groups in total. The summed E-state index contributed by atoms with van der Waals surface area (Å²) in [5.74, 6) is 0.950. The SMILES string of the molecule is CN1CCN(c2ccc(Nc3cc(NC(=O)Nc4ccccc4Cl)ncn3)cc2)CC1. The number of halogens is 1. The van der Waals surface area contributed by atoms with Crippen LogP contribution in [0.1, 0.15) is 0 Å². The van der Waals surface area contributed by atoms with Crippen molar-refractivity contribution in [2.75, 3.05) is 54.1 Å². The van der Waals surface area contributed by atoms with Crippen molar-refractivity contribution in [1.82, 2.24) is 14.9 Å². The summed E-state index contributed by atoms with van der Waals surface area (Å²) in [6.45, 7) is 4.20. The number of aromatic nitrogens is 2. The van der Waals surface area contributed by atoms with Gasteiger partial charge in [0.1, 0.15) is 18.0 Å². The molecule has 2 amide bonds. The number of nitrogens with one attached hydrogen (secondary N) is 3. The molecule has 9 heteroatoms. The third kappa shape index (κ3) is 5.62. The number of para-hydroxylation sites is 1. The van der Waals surface area contributed by atoms with Gasteiger partial charge in [-0.15, -0.1) is 0 Å². The summed E-state index contributed by atoms with van der Waals surface area (Å²) >= 11 is 6.07. The van der Waals surface area contributed by atoms with E-state index in [1.165, 1.54) is 12.0 Å². The molecule has 1 aliphatic rings. The van der Waals surface area contributed by atoms with E-state index in [0.29, 0.717) is 22.3 Å². The monoisotopic (exact) mass is 437 g/mol. The standard InChI is InChI=1S/C22H24ClN7O/c1-29-10-12-30(13-11-29)17-8-6-16(7-9-17)26-20-14-21(25-15-24-20)28-22(31)27-19-5-3-2-4-18(19)23/h2-9,14-15H,10-13H2,1H3,(H3,24,25,26,27,28,31). The number of benzene rings is 2. The minimum absolute atomic E-state index is 0.371. The van der Waals surface area contributed by atoms with Crippen LogP contribution in [0.15, 0.2) is 60.9 Å². The Bertz CT molecular complexity index is 1040. The molecule has 0 radical (unpaired) electrons. The maximum Gasteiger partial charge on any atom is 0.324 e. The molecular formula is C22H24ClN7O. The molecule has 0 atom stereocenters. The van der Waals surface area contributed by atoms with E-state index in [1.807, 2.05) is 12.1 Å². The number of hydrogen-bond donors (Lipinski definition) is 3. The molecule has 2 aromatic carbocycles. The minimum atomic E-state index is -0.436. The number of urea groups is 1. The highest BCUT2D eigenvalue weighted by atomic mass is 35.5. The normalized spacial score (nSPS) is 14.2. The summed E-state index contributed by atoms with van der Waals surface area (Å²) in [7, 11) is 2.15. The van der Waals surface area contributed by atoms with Gasteiger partial charge >= 0.3 is 6.03 Å². The molecule has 0 bridgehead atoms. The van der Waals surface area contributed by atoms with Gasteiger partial charge in [-0.2, -0.15) is 0 Å². The lowest BCUT2D eigenvalue weighted by molar-refractivity contribution is 0.262. The van der Waals surface area contributed by atoms with Crippen LogP contribution in [0.4, 0.5) is 33.5 Å². The Balaban J connectivity index is 1.36. The second-order valence-corrected chi connectivity index (χ2v) is 7.72. The van der Waals surface area contributed by atoms with E-state index in [0.717, 1.165) is 31.9 Å². The van der Waals surface area contributed by atoms with E-state index in [-0.39, 0.29) is 0 Å². The molecular weight excluding hydrogens is 414 g/mol. The van der Waals surface area contributed by atoms with Crippen molar-refractivity contribution < 1.29 is 4.79 Å². The van der Waals surface area contributed by atoms with Crippen molar-refractivity contribution in [1.29, 1.82) is 0 Å². The second-order valence-electron chi connectivity index (χ2n) is 7.31. The Labute approximate surface area is 186 Å². The third-order valence-electron chi connectivity index (χ3n) is 5.04. The van der Waals surface area contributed by atoms with Crippen LogP contribution in [0.2, 0.25) is 5.02 Å². The van der Waals surface area contributed by atoms with Gasteiger partial charge in [0.25, 0.3) is 0 Å². The Kier molecular flexibility index (Phi) is 6.49. The van der Waals surface area contributed by atoms with Crippen LogP contribution in [-0.4, -0.2) is 54.1 Å². The third-order valence-corrected chi connectivity index (χ3v) is 5.37. The largest absolute Gasteiger partial charge is 0.369 e. The molecule has 1 aromatic heterocycles. The number of carbonyl (C=O) groups is 1. The smallest absolute Gasteiger partial charge is 0.324 e. The topological polar surface area (TPSA) is 85.4 Å². The van der Waals surface area contributed by atoms with Gasteiger partial charge in [-0.05, 0) is 43.4 Å². The molecule has 0 unspecified atom stereocenters. The number of amides is 2. The van der Waals surface area contributed by atoms with Gasteiger partial charge in [-0.25, -0.2) is 14.8 Å². The molecule has 8 nitrogen and oxygen atoms in total. The van der Waals surface area contributed by atoms with E-state index in [4.69, 9.17) is 11.6 Å². The average molecular weight is 438 g/mol. The molecule has 1 aliphatic heterocycles. The van der Waals surface area contributed by atoms with Crippen molar-refractivity contribution >= 4 is 46.3 Å². The van der Waals surface area contributed by atoms with Crippen LogP contribution >= 0.6 is 11.6 Å². The first-order valence-corrected chi connectivity index (χ1v) is 10.4. The van der Waals surface area contributed by atoms with E-state index in [2.05, 4.69) is 54.9 Å². The van der Waals surface area contributed by atoms with Crippen LogP contribution < -0.4 is 20.9 Å². The highest BCUT2D eigenvalue weighted by Crippen LogP contribution is 2.23. The fraction of sp³-hybridized carbons (Fsp3) is 0.227. The summed E-state index contributed by atoms with van der Waals surface area (Å²) in [4.78, 5) is 25.3. The van der Waals surface area contributed by atoms with Gasteiger partial charge in [0.05, 0.1) is 10.7 Å². The maximum absolute atomic E-state index is 12.2. The molecule has 0 saturated carbocycles. The minimum Gasteiger partial charge on any atom is -0.369 e.